The molecule has 1 atom stereocenters. The number of carbonyl (C=O) groups is 1. The molecule has 2 aromatic carbocycles. The summed E-state index contributed by atoms with van der Waals surface area (Å²) in [6, 6.07) is 14.0. The molecule has 164 valence electrons. The van der Waals surface area contributed by atoms with E-state index in [1.165, 1.54) is 0 Å². The fourth-order valence-corrected chi connectivity index (χ4v) is 3.82. The van der Waals surface area contributed by atoms with Crippen LogP contribution in [0.2, 0.25) is 0 Å². The van der Waals surface area contributed by atoms with Crippen molar-refractivity contribution in [2.75, 3.05) is 45.4 Å². The van der Waals surface area contributed by atoms with E-state index in [2.05, 4.69) is 29.2 Å². The second-order valence-corrected chi connectivity index (χ2v) is 8.15. The summed E-state index contributed by atoms with van der Waals surface area (Å²) in [6.07, 6.45) is 5.62. The molecule has 2 aliphatic rings. The Morgan fingerprint density at radius 3 is 2.52 bits per heavy atom. The van der Waals surface area contributed by atoms with Crippen molar-refractivity contribution in [1.29, 1.82) is 0 Å². The lowest BCUT2D eigenvalue weighted by molar-refractivity contribution is -0.128. The lowest BCUT2D eigenvalue weighted by Gasteiger charge is -2.25. The second-order valence-electron chi connectivity index (χ2n) is 8.15. The summed E-state index contributed by atoms with van der Waals surface area (Å²) in [5.74, 6) is 1.44. The minimum Gasteiger partial charge on any atom is -0.486 e. The number of hydrogen-bond acceptors (Lipinski definition) is 5. The summed E-state index contributed by atoms with van der Waals surface area (Å²) in [7, 11) is 4.04. The van der Waals surface area contributed by atoms with Crippen LogP contribution in [-0.4, -0.2) is 57.4 Å². The Morgan fingerprint density at radius 2 is 1.81 bits per heavy atom. The molecule has 0 spiro atoms. The van der Waals surface area contributed by atoms with Crippen LogP contribution in [0.1, 0.15) is 24.0 Å². The van der Waals surface area contributed by atoms with Crippen LogP contribution in [-0.2, 0) is 16.1 Å². The van der Waals surface area contributed by atoms with E-state index in [9.17, 15) is 4.79 Å². The van der Waals surface area contributed by atoms with Crippen molar-refractivity contribution in [3.63, 3.8) is 0 Å². The van der Waals surface area contributed by atoms with Crippen LogP contribution < -0.4 is 14.4 Å². The van der Waals surface area contributed by atoms with E-state index in [-0.39, 0.29) is 12.0 Å². The number of anilines is 1. The molecule has 0 N–H and O–H groups in total. The molecular formula is C25H30N2O4. The van der Waals surface area contributed by atoms with E-state index in [0.717, 1.165) is 47.8 Å². The molecule has 0 radical (unpaired) electrons. The van der Waals surface area contributed by atoms with E-state index in [1.807, 2.05) is 43.3 Å². The van der Waals surface area contributed by atoms with Gasteiger partial charge in [0.15, 0.2) is 11.5 Å². The van der Waals surface area contributed by atoms with E-state index < -0.39 is 0 Å². The molecule has 2 aliphatic heterocycles. The average Bonchev–Trinajstić information content (AvgIpc) is 3.30. The van der Waals surface area contributed by atoms with Crippen LogP contribution in [0, 0.1) is 0 Å². The summed E-state index contributed by atoms with van der Waals surface area (Å²) < 4.78 is 17.0. The molecule has 4 rings (SSSR count). The normalized spacial score (nSPS) is 17.7. The Balaban J connectivity index is 1.47. The predicted octanol–water partition coefficient (Wildman–Crippen LogP) is 3.74. The van der Waals surface area contributed by atoms with Crippen molar-refractivity contribution in [3.8, 4) is 11.5 Å². The quantitative estimate of drug-likeness (QED) is 0.636. The van der Waals surface area contributed by atoms with Crippen LogP contribution in [0.3, 0.4) is 0 Å². The summed E-state index contributed by atoms with van der Waals surface area (Å²) in [5.41, 5.74) is 3.15. The molecule has 0 saturated carbocycles. The monoisotopic (exact) mass is 422 g/mol. The van der Waals surface area contributed by atoms with Crippen LogP contribution in [0.25, 0.3) is 6.08 Å². The lowest BCUT2D eigenvalue weighted by Crippen LogP contribution is -2.35. The van der Waals surface area contributed by atoms with Gasteiger partial charge < -0.3 is 24.0 Å². The van der Waals surface area contributed by atoms with Gasteiger partial charge in [0.1, 0.15) is 13.2 Å². The molecule has 1 amide bonds. The Morgan fingerprint density at radius 1 is 1.03 bits per heavy atom. The Hall–Kier alpha value is -2.99. The van der Waals surface area contributed by atoms with Crippen molar-refractivity contribution in [2.45, 2.75) is 25.5 Å². The molecule has 2 heterocycles. The zero-order valence-corrected chi connectivity index (χ0v) is 18.3. The van der Waals surface area contributed by atoms with Crippen LogP contribution in [0.4, 0.5) is 5.69 Å². The molecular weight excluding hydrogens is 392 g/mol. The molecule has 6 heteroatoms. The maximum absolute atomic E-state index is 13.1. The first kappa shape index (κ1) is 21.2. The van der Waals surface area contributed by atoms with Gasteiger partial charge in [0.05, 0.1) is 6.10 Å². The van der Waals surface area contributed by atoms with E-state index in [0.29, 0.717) is 26.3 Å². The smallest absolute Gasteiger partial charge is 0.246 e. The van der Waals surface area contributed by atoms with Crippen molar-refractivity contribution < 1.29 is 19.0 Å². The van der Waals surface area contributed by atoms with Crippen molar-refractivity contribution >= 4 is 17.7 Å². The third-order valence-electron chi connectivity index (χ3n) is 5.57. The van der Waals surface area contributed by atoms with E-state index in [4.69, 9.17) is 14.2 Å². The highest BCUT2D eigenvalue weighted by Gasteiger charge is 2.22. The number of amides is 1. The summed E-state index contributed by atoms with van der Waals surface area (Å²) >= 11 is 0. The number of carbonyl (C=O) groups excluding carboxylic acids is 1. The third-order valence-corrected chi connectivity index (χ3v) is 5.57. The molecule has 1 unspecified atom stereocenters. The van der Waals surface area contributed by atoms with Gasteiger partial charge in [-0.1, -0.05) is 18.2 Å². The Labute approximate surface area is 184 Å². The summed E-state index contributed by atoms with van der Waals surface area (Å²) in [4.78, 5) is 17.0. The average molecular weight is 423 g/mol. The van der Waals surface area contributed by atoms with Gasteiger partial charge in [-0.15, -0.1) is 0 Å². The first-order valence-corrected chi connectivity index (χ1v) is 10.8. The van der Waals surface area contributed by atoms with Crippen LogP contribution >= 0.6 is 0 Å². The third kappa shape index (κ3) is 5.58. The van der Waals surface area contributed by atoms with Crippen molar-refractivity contribution in [3.05, 3.63) is 59.7 Å². The zero-order valence-electron chi connectivity index (χ0n) is 18.3. The summed E-state index contributed by atoms with van der Waals surface area (Å²) in [6.45, 7) is 3.03. The largest absolute Gasteiger partial charge is 0.486 e. The van der Waals surface area contributed by atoms with Crippen LogP contribution in [0.15, 0.2) is 48.5 Å². The molecule has 1 fully saturated rings. The minimum atomic E-state index is -0.0259. The standard InChI is InChI=1S/C25H30N2O4/c1-26(2)21-9-5-20(6-10-21)17-27(18-22-4-3-13-29-22)25(28)12-8-19-7-11-23-24(16-19)31-15-14-30-23/h5-12,16,22H,3-4,13-15,17-18H2,1-2H3/b12-8+. The van der Waals surface area contributed by atoms with Gasteiger partial charge in [0.25, 0.3) is 0 Å². The second kappa shape index (κ2) is 9.88. The number of benzene rings is 2. The minimum absolute atomic E-state index is 0.0259. The first-order chi connectivity index (χ1) is 15.1. The fraction of sp³-hybridized carbons (Fsp3) is 0.400. The molecule has 1 saturated heterocycles. The van der Waals surface area contributed by atoms with Gasteiger partial charge in [0.2, 0.25) is 5.91 Å². The SMILES string of the molecule is CN(C)c1ccc(CN(CC2CCCO2)C(=O)/C=C/c2ccc3c(c2)OCCO3)cc1. The van der Waals surface area contributed by atoms with E-state index in [1.54, 1.807) is 6.08 Å². The van der Waals surface area contributed by atoms with Gasteiger partial charge in [-0.3, -0.25) is 4.79 Å². The van der Waals surface area contributed by atoms with Gasteiger partial charge in [-0.25, -0.2) is 0 Å². The number of fused-ring (bicyclic) bond motifs is 1. The highest BCUT2D eigenvalue weighted by atomic mass is 16.6. The molecule has 0 aromatic heterocycles. The zero-order chi connectivity index (χ0) is 21.6. The molecule has 6 nitrogen and oxygen atoms in total. The molecule has 0 aliphatic carbocycles. The predicted molar refractivity (Wildman–Crippen MR) is 122 cm³/mol. The molecule has 31 heavy (non-hydrogen) atoms. The summed E-state index contributed by atoms with van der Waals surface area (Å²) in [5, 5.41) is 0. The lowest BCUT2D eigenvalue weighted by atomic mass is 10.1. The van der Waals surface area contributed by atoms with Gasteiger partial charge in [-0.2, -0.15) is 0 Å². The molecule has 0 bridgehead atoms. The Bertz CT molecular complexity index is 918. The fourth-order valence-electron chi connectivity index (χ4n) is 3.82. The highest BCUT2D eigenvalue weighted by molar-refractivity contribution is 5.92. The van der Waals surface area contributed by atoms with Gasteiger partial charge >= 0.3 is 0 Å². The van der Waals surface area contributed by atoms with Gasteiger partial charge in [0, 0.05) is 45.6 Å². The first-order valence-electron chi connectivity index (χ1n) is 10.8. The van der Waals surface area contributed by atoms with Gasteiger partial charge in [-0.05, 0) is 54.3 Å². The maximum Gasteiger partial charge on any atom is 0.246 e. The number of rotatable bonds is 7. The van der Waals surface area contributed by atoms with Crippen molar-refractivity contribution in [2.24, 2.45) is 0 Å². The topological polar surface area (TPSA) is 51.2 Å². The number of hydrogen-bond donors (Lipinski definition) is 0. The molecule has 2 aromatic rings. The number of ether oxygens (including phenoxy) is 3. The van der Waals surface area contributed by atoms with Crippen LogP contribution in [0.5, 0.6) is 11.5 Å². The highest BCUT2D eigenvalue weighted by Crippen LogP contribution is 2.31. The maximum atomic E-state index is 13.1. The Kier molecular flexibility index (Phi) is 6.77. The van der Waals surface area contributed by atoms with E-state index >= 15 is 0 Å². The van der Waals surface area contributed by atoms with Crippen molar-refractivity contribution in [1.82, 2.24) is 4.90 Å². The number of nitrogens with zero attached hydrogens (tertiary/aromatic N) is 2.